The Morgan fingerprint density at radius 1 is 1.24 bits per heavy atom. The molecule has 0 aliphatic carbocycles. The molecule has 1 atom stereocenters. The van der Waals surface area contributed by atoms with Gasteiger partial charge in [-0.05, 0) is 31.2 Å². The summed E-state index contributed by atoms with van der Waals surface area (Å²) in [6.45, 7) is 1.80. The lowest BCUT2D eigenvalue weighted by Gasteiger charge is -2.12. The minimum Gasteiger partial charge on any atom is -0.495 e. The fourth-order valence-electron chi connectivity index (χ4n) is 2.13. The van der Waals surface area contributed by atoms with Crippen LogP contribution < -0.4 is 10.1 Å². The zero-order valence-electron chi connectivity index (χ0n) is 13.8. The highest BCUT2D eigenvalue weighted by molar-refractivity contribution is 8.00. The SMILES string of the molecule is COc1ccccc1NC(=O)[C@@H](C)Sc1n[nH]c(-c2ccncc2)n1. The molecular formula is C17H17N5O2S. The number of carbonyl (C=O) groups excluding carboxylic acids is 1. The summed E-state index contributed by atoms with van der Waals surface area (Å²) < 4.78 is 5.24. The Labute approximate surface area is 149 Å². The summed E-state index contributed by atoms with van der Waals surface area (Å²) in [4.78, 5) is 20.8. The largest absolute Gasteiger partial charge is 0.495 e. The van der Waals surface area contributed by atoms with E-state index in [1.165, 1.54) is 11.8 Å². The van der Waals surface area contributed by atoms with E-state index in [0.29, 0.717) is 22.4 Å². The first-order valence-electron chi connectivity index (χ1n) is 7.60. The van der Waals surface area contributed by atoms with Gasteiger partial charge in [0.1, 0.15) is 5.75 Å². The number of hydrogen-bond donors (Lipinski definition) is 2. The highest BCUT2D eigenvalue weighted by atomic mass is 32.2. The van der Waals surface area contributed by atoms with Crippen molar-refractivity contribution in [1.82, 2.24) is 20.2 Å². The average Bonchev–Trinajstić information content (AvgIpc) is 3.11. The van der Waals surface area contributed by atoms with E-state index >= 15 is 0 Å². The van der Waals surface area contributed by atoms with Crippen molar-refractivity contribution in [2.45, 2.75) is 17.3 Å². The van der Waals surface area contributed by atoms with Gasteiger partial charge in [-0.25, -0.2) is 4.98 Å². The lowest BCUT2D eigenvalue weighted by Crippen LogP contribution is -2.22. The molecule has 0 fully saturated rings. The number of carbonyl (C=O) groups is 1. The third-order valence-corrected chi connectivity index (χ3v) is 4.40. The van der Waals surface area contributed by atoms with Crippen molar-refractivity contribution in [1.29, 1.82) is 0 Å². The van der Waals surface area contributed by atoms with Crippen LogP contribution in [0.1, 0.15) is 6.92 Å². The third-order valence-electron chi connectivity index (χ3n) is 3.43. The number of para-hydroxylation sites is 2. The van der Waals surface area contributed by atoms with Crippen LogP contribution in [0.4, 0.5) is 5.69 Å². The number of methoxy groups -OCH3 is 1. The van der Waals surface area contributed by atoms with E-state index in [1.807, 2.05) is 24.3 Å². The Hall–Kier alpha value is -2.87. The first-order valence-corrected chi connectivity index (χ1v) is 8.48. The molecule has 3 aromatic rings. The van der Waals surface area contributed by atoms with E-state index in [-0.39, 0.29) is 11.2 Å². The van der Waals surface area contributed by atoms with Crippen LogP contribution in [0.5, 0.6) is 5.75 Å². The van der Waals surface area contributed by atoms with Gasteiger partial charge in [-0.2, -0.15) is 0 Å². The highest BCUT2D eigenvalue weighted by Crippen LogP contribution is 2.26. The van der Waals surface area contributed by atoms with E-state index in [1.54, 1.807) is 38.6 Å². The second-order valence-electron chi connectivity index (χ2n) is 5.15. The number of aromatic nitrogens is 4. The van der Waals surface area contributed by atoms with Crippen molar-refractivity contribution in [3.05, 3.63) is 48.8 Å². The van der Waals surface area contributed by atoms with Crippen LogP contribution in [0.2, 0.25) is 0 Å². The van der Waals surface area contributed by atoms with E-state index in [2.05, 4.69) is 25.5 Å². The van der Waals surface area contributed by atoms with Crippen LogP contribution in [-0.4, -0.2) is 38.4 Å². The van der Waals surface area contributed by atoms with Crippen LogP contribution in [0.25, 0.3) is 11.4 Å². The lowest BCUT2D eigenvalue weighted by atomic mass is 10.3. The van der Waals surface area contributed by atoms with Crippen LogP contribution in [0, 0.1) is 0 Å². The number of nitrogens with zero attached hydrogens (tertiary/aromatic N) is 3. The van der Waals surface area contributed by atoms with Crippen molar-refractivity contribution >= 4 is 23.4 Å². The molecule has 2 heterocycles. The molecule has 3 rings (SSSR count). The molecule has 0 saturated carbocycles. The molecule has 128 valence electrons. The maximum absolute atomic E-state index is 12.4. The number of nitrogens with one attached hydrogen (secondary N) is 2. The minimum absolute atomic E-state index is 0.148. The van der Waals surface area contributed by atoms with Gasteiger partial charge in [0.15, 0.2) is 5.82 Å². The second kappa shape index (κ2) is 7.80. The van der Waals surface area contributed by atoms with E-state index < -0.39 is 0 Å². The quantitative estimate of drug-likeness (QED) is 0.660. The molecule has 0 saturated heterocycles. The predicted octanol–water partition coefficient (Wildman–Crippen LogP) is 2.99. The Kier molecular flexibility index (Phi) is 5.30. The van der Waals surface area contributed by atoms with Crippen molar-refractivity contribution in [2.24, 2.45) is 0 Å². The van der Waals surface area contributed by atoms with Crippen molar-refractivity contribution in [2.75, 3.05) is 12.4 Å². The molecule has 2 aromatic heterocycles. The molecule has 0 aliphatic rings. The van der Waals surface area contributed by atoms with Gasteiger partial charge in [0, 0.05) is 18.0 Å². The molecule has 0 unspecified atom stereocenters. The van der Waals surface area contributed by atoms with Crippen molar-refractivity contribution in [3.63, 3.8) is 0 Å². The molecule has 1 amide bonds. The van der Waals surface area contributed by atoms with Crippen LogP contribution >= 0.6 is 11.8 Å². The number of benzene rings is 1. The number of H-pyrrole nitrogens is 1. The molecule has 0 radical (unpaired) electrons. The molecule has 25 heavy (non-hydrogen) atoms. The molecule has 2 N–H and O–H groups in total. The Morgan fingerprint density at radius 3 is 2.76 bits per heavy atom. The fourth-order valence-corrected chi connectivity index (χ4v) is 2.86. The molecule has 8 heteroatoms. The number of aromatic amines is 1. The number of hydrogen-bond acceptors (Lipinski definition) is 6. The van der Waals surface area contributed by atoms with E-state index in [9.17, 15) is 4.79 Å². The first kappa shape index (κ1) is 17.0. The fraction of sp³-hybridized carbons (Fsp3) is 0.176. The number of amides is 1. The van der Waals surface area contributed by atoms with Crippen molar-refractivity contribution in [3.8, 4) is 17.1 Å². The van der Waals surface area contributed by atoms with Gasteiger partial charge in [0.05, 0.1) is 18.0 Å². The Balaban J connectivity index is 1.65. The minimum atomic E-state index is -0.369. The van der Waals surface area contributed by atoms with Crippen LogP contribution in [0.3, 0.4) is 0 Å². The Bertz CT molecular complexity index is 853. The van der Waals surface area contributed by atoms with Gasteiger partial charge in [-0.15, -0.1) is 5.10 Å². The lowest BCUT2D eigenvalue weighted by molar-refractivity contribution is -0.115. The first-order chi connectivity index (χ1) is 12.2. The molecular weight excluding hydrogens is 338 g/mol. The summed E-state index contributed by atoms with van der Waals surface area (Å²) >= 11 is 1.28. The van der Waals surface area contributed by atoms with Gasteiger partial charge in [0.2, 0.25) is 11.1 Å². The number of pyridine rings is 1. The zero-order chi connectivity index (χ0) is 17.6. The van der Waals surface area contributed by atoms with Crippen LogP contribution in [0.15, 0.2) is 53.9 Å². The van der Waals surface area contributed by atoms with Gasteiger partial charge in [-0.1, -0.05) is 23.9 Å². The summed E-state index contributed by atoms with van der Waals surface area (Å²) in [6.07, 6.45) is 3.38. The van der Waals surface area contributed by atoms with E-state index in [4.69, 9.17) is 4.74 Å². The average molecular weight is 355 g/mol. The third kappa shape index (κ3) is 4.16. The summed E-state index contributed by atoms with van der Waals surface area (Å²) in [6, 6.07) is 11.0. The molecule has 7 nitrogen and oxygen atoms in total. The van der Waals surface area contributed by atoms with Gasteiger partial charge in [0.25, 0.3) is 0 Å². The van der Waals surface area contributed by atoms with Crippen molar-refractivity contribution < 1.29 is 9.53 Å². The zero-order valence-corrected chi connectivity index (χ0v) is 14.6. The summed E-state index contributed by atoms with van der Waals surface area (Å²) in [7, 11) is 1.57. The number of thioether (sulfide) groups is 1. The van der Waals surface area contributed by atoms with Gasteiger partial charge < -0.3 is 10.1 Å². The van der Waals surface area contributed by atoms with E-state index in [0.717, 1.165) is 5.56 Å². The number of ether oxygens (including phenoxy) is 1. The summed E-state index contributed by atoms with van der Waals surface area (Å²) in [5.74, 6) is 1.11. The maximum atomic E-state index is 12.4. The second-order valence-corrected chi connectivity index (χ2v) is 6.46. The molecule has 1 aromatic carbocycles. The van der Waals surface area contributed by atoms with Gasteiger partial charge >= 0.3 is 0 Å². The molecule has 0 aliphatic heterocycles. The monoisotopic (exact) mass is 355 g/mol. The smallest absolute Gasteiger partial charge is 0.237 e. The van der Waals surface area contributed by atoms with Gasteiger partial charge in [-0.3, -0.25) is 14.9 Å². The normalized spacial score (nSPS) is 11.8. The molecule has 0 spiro atoms. The standard InChI is InChI=1S/C17H17N5O2S/c1-11(16(23)19-13-5-3-4-6-14(13)24-2)25-17-20-15(21-22-17)12-7-9-18-10-8-12/h3-11H,1-2H3,(H,19,23)(H,20,21,22)/t11-/m1/s1. The highest BCUT2D eigenvalue weighted by Gasteiger charge is 2.18. The summed E-state index contributed by atoms with van der Waals surface area (Å²) in [5, 5.41) is 10.0. The Morgan fingerprint density at radius 2 is 2.00 bits per heavy atom. The molecule has 0 bridgehead atoms. The summed E-state index contributed by atoms with van der Waals surface area (Å²) in [5.41, 5.74) is 1.52. The predicted molar refractivity (Wildman–Crippen MR) is 96.6 cm³/mol. The van der Waals surface area contributed by atoms with Crippen LogP contribution in [-0.2, 0) is 4.79 Å². The maximum Gasteiger partial charge on any atom is 0.237 e. The topological polar surface area (TPSA) is 92.8 Å². The number of anilines is 1. The number of rotatable bonds is 6.